The van der Waals surface area contributed by atoms with E-state index in [2.05, 4.69) is 4.74 Å². The molecule has 4 rings (SSSR count). The summed E-state index contributed by atoms with van der Waals surface area (Å²) in [7, 11) is 0. The molecule has 166 valence electrons. The molecular formula is C21H23O10+. The summed E-state index contributed by atoms with van der Waals surface area (Å²) >= 11 is 0. The topological polar surface area (TPSA) is 173 Å². The highest BCUT2D eigenvalue weighted by Gasteiger charge is 2.46. The highest BCUT2D eigenvalue weighted by molar-refractivity contribution is 5.67. The molecule has 10 nitrogen and oxygen atoms in total. The van der Waals surface area contributed by atoms with Gasteiger partial charge in [-0.25, -0.2) is 0 Å². The van der Waals surface area contributed by atoms with Crippen LogP contribution in [0.25, 0.3) is 5.76 Å². The van der Waals surface area contributed by atoms with E-state index in [4.69, 9.17) is 9.47 Å². The molecule has 0 amide bonds. The molecule has 2 aliphatic heterocycles. The van der Waals surface area contributed by atoms with Crippen LogP contribution in [-0.2, 0) is 9.47 Å². The van der Waals surface area contributed by atoms with Crippen LogP contribution in [0.5, 0.6) is 5.75 Å². The summed E-state index contributed by atoms with van der Waals surface area (Å²) in [4.78, 5) is 0. The lowest BCUT2D eigenvalue weighted by Gasteiger charge is -2.40. The fourth-order valence-corrected chi connectivity index (χ4v) is 3.57. The first-order valence-electron chi connectivity index (χ1n) is 9.53. The van der Waals surface area contributed by atoms with Crippen molar-refractivity contribution in [3.05, 3.63) is 70.9 Å². The normalized spacial score (nSPS) is 33.0. The summed E-state index contributed by atoms with van der Waals surface area (Å²) in [6.07, 6.45) is -4.11. The van der Waals surface area contributed by atoms with Crippen molar-refractivity contribution in [3.8, 4) is 5.75 Å². The monoisotopic (exact) mass is 435 g/mol. The molecular weight excluding hydrogens is 412 g/mol. The SMILES string of the molecule is OC[C@H]1O[C@@H](OC2=C(c3ccc(O)cc3)[OH+]C3C=C(O)C=C(O)C3=C2)[C@H](O)[C@@H](O)[C@@H]1O. The molecule has 1 aliphatic carbocycles. The molecule has 1 aromatic carbocycles. The Morgan fingerprint density at radius 3 is 2.32 bits per heavy atom. The molecule has 1 unspecified atom stereocenters. The Labute approximate surface area is 176 Å². The van der Waals surface area contributed by atoms with Crippen molar-refractivity contribution in [2.75, 3.05) is 6.61 Å². The minimum absolute atomic E-state index is 0.0311. The van der Waals surface area contributed by atoms with E-state index in [9.17, 15) is 35.7 Å². The number of phenols is 1. The van der Waals surface area contributed by atoms with Gasteiger partial charge in [0.25, 0.3) is 0 Å². The Morgan fingerprint density at radius 2 is 1.65 bits per heavy atom. The van der Waals surface area contributed by atoms with E-state index < -0.39 is 43.4 Å². The molecule has 1 fully saturated rings. The van der Waals surface area contributed by atoms with E-state index in [1.807, 2.05) is 0 Å². The summed E-state index contributed by atoms with van der Waals surface area (Å²) in [5.41, 5.74) is 0.842. The molecule has 6 atom stereocenters. The number of hydrogen-bond acceptors (Lipinski definition) is 9. The van der Waals surface area contributed by atoms with Crippen LogP contribution in [0.2, 0.25) is 0 Å². The number of aliphatic hydroxyl groups excluding tert-OH is 6. The molecule has 1 aromatic rings. The predicted molar refractivity (Wildman–Crippen MR) is 105 cm³/mol. The van der Waals surface area contributed by atoms with Crippen molar-refractivity contribution >= 4 is 5.76 Å². The molecule has 10 heteroatoms. The van der Waals surface area contributed by atoms with Gasteiger partial charge < -0.3 is 50.0 Å². The number of fused-ring (bicyclic) bond motifs is 1. The van der Waals surface area contributed by atoms with Gasteiger partial charge in [0.1, 0.15) is 41.7 Å². The first-order chi connectivity index (χ1) is 14.8. The molecule has 0 spiro atoms. The average molecular weight is 435 g/mol. The van der Waals surface area contributed by atoms with Crippen LogP contribution < -0.4 is 0 Å². The van der Waals surface area contributed by atoms with Crippen molar-refractivity contribution in [2.24, 2.45) is 0 Å². The van der Waals surface area contributed by atoms with Crippen molar-refractivity contribution in [3.63, 3.8) is 0 Å². The Bertz CT molecular complexity index is 959. The maximum Gasteiger partial charge on any atom is 0.305 e. The van der Waals surface area contributed by atoms with E-state index in [1.54, 1.807) is 12.1 Å². The smallest absolute Gasteiger partial charge is 0.305 e. The van der Waals surface area contributed by atoms with E-state index in [-0.39, 0.29) is 28.8 Å². The molecule has 0 radical (unpaired) electrons. The number of ether oxygens (including phenoxy) is 3. The number of aromatic hydroxyl groups is 1. The van der Waals surface area contributed by atoms with E-state index in [0.717, 1.165) is 6.08 Å². The minimum atomic E-state index is -1.64. The quantitative estimate of drug-likeness (QED) is 0.311. The predicted octanol–water partition coefficient (Wildman–Crippen LogP) is -0.389. The van der Waals surface area contributed by atoms with Gasteiger partial charge in [-0.15, -0.1) is 0 Å². The van der Waals surface area contributed by atoms with Crippen molar-refractivity contribution in [1.29, 1.82) is 0 Å². The van der Waals surface area contributed by atoms with Crippen LogP contribution >= 0.6 is 0 Å². The third kappa shape index (κ3) is 3.99. The van der Waals surface area contributed by atoms with Gasteiger partial charge in [-0.3, -0.25) is 0 Å². The second-order valence-electron chi connectivity index (χ2n) is 7.37. The van der Waals surface area contributed by atoms with Gasteiger partial charge in [-0.05, 0) is 24.3 Å². The van der Waals surface area contributed by atoms with Crippen LogP contribution in [0.15, 0.2) is 65.3 Å². The maximum atomic E-state index is 10.3. The number of phenolic OH excluding ortho intramolecular Hbond substituents is 1. The summed E-state index contributed by atoms with van der Waals surface area (Å²) in [5, 5.41) is 69.3. The van der Waals surface area contributed by atoms with Crippen LogP contribution in [0.4, 0.5) is 0 Å². The Morgan fingerprint density at radius 1 is 0.935 bits per heavy atom. The Kier molecular flexibility index (Phi) is 5.65. The van der Waals surface area contributed by atoms with Crippen molar-refractivity contribution < 1.29 is 50.0 Å². The summed E-state index contributed by atoms with van der Waals surface area (Å²) in [6, 6.07) is 6.03. The van der Waals surface area contributed by atoms with Crippen molar-refractivity contribution in [1.82, 2.24) is 0 Å². The number of rotatable bonds is 4. The molecule has 1 saturated heterocycles. The zero-order valence-electron chi connectivity index (χ0n) is 16.1. The van der Waals surface area contributed by atoms with Gasteiger partial charge in [0.05, 0.1) is 23.8 Å². The number of benzene rings is 1. The highest BCUT2D eigenvalue weighted by atomic mass is 16.7. The molecule has 31 heavy (non-hydrogen) atoms. The standard InChI is InChI=1S/C21H22O10/c22-8-16-17(26)18(27)19(28)21(31-16)30-15-7-12-13(25)5-11(24)6-14(12)29-20(15)9-1-3-10(23)4-2-9/h1-7,14,16-19,21-28H,8H2/p+1/t14?,16-,17-,18+,19-,21-/m1/s1. The Hall–Kier alpha value is -3.02. The van der Waals surface area contributed by atoms with Crippen LogP contribution in [0, 0.1) is 0 Å². The number of allylic oxidation sites excluding steroid dienone is 2. The molecule has 8 N–H and O–H groups in total. The van der Waals surface area contributed by atoms with Crippen LogP contribution in [0.1, 0.15) is 5.56 Å². The van der Waals surface area contributed by atoms with E-state index >= 15 is 0 Å². The number of aliphatic hydroxyl groups is 8. The zero-order chi connectivity index (χ0) is 22.3. The van der Waals surface area contributed by atoms with Crippen LogP contribution in [0.3, 0.4) is 0 Å². The molecule has 3 aliphatic rings. The first-order valence-corrected chi connectivity index (χ1v) is 9.53. The van der Waals surface area contributed by atoms with Gasteiger partial charge in [0.15, 0.2) is 0 Å². The largest absolute Gasteiger partial charge is 0.571 e. The molecule has 0 aromatic heterocycles. The summed E-state index contributed by atoms with van der Waals surface area (Å²) in [5.74, 6) is -0.0239. The lowest BCUT2D eigenvalue weighted by Crippen LogP contribution is -2.59. The van der Waals surface area contributed by atoms with Gasteiger partial charge in [0.2, 0.25) is 18.2 Å². The highest BCUT2D eigenvalue weighted by Crippen LogP contribution is 2.36. The van der Waals surface area contributed by atoms with E-state index in [1.165, 1.54) is 24.3 Å². The first kappa shape index (κ1) is 21.2. The summed E-state index contributed by atoms with van der Waals surface area (Å²) < 4.78 is 15.7. The molecule has 0 bridgehead atoms. The lowest BCUT2D eigenvalue weighted by molar-refractivity contribution is -0.290. The van der Waals surface area contributed by atoms with E-state index in [0.29, 0.717) is 11.1 Å². The third-order valence-electron chi connectivity index (χ3n) is 5.25. The van der Waals surface area contributed by atoms with Crippen LogP contribution in [-0.4, -0.2) is 83.9 Å². The lowest BCUT2D eigenvalue weighted by atomic mass is 9.97. The summed E-state index contributed by atoms with van der Waals surface area (Å²) in [6.45, 7) is -0.615. The van der Waals surface area contributed by atoms with Gasteiger partial charge in [-0.2, -0.15) is 0 Å². The minimum Gasteiger partial charge on any atom is -0.571 e. The third-order valence-corrected chi connectivity index (χ3v) is 5.25. The fraction of sp³-hybridized carbons (Fsp3) is 0.333. The Balaban J connectivity index is 1.73. The zero-order valence-corrected chi connectivity index (χ0v) is 16.1. The van der Waals surface area contributed by atoms with Crippen molar-refractivity contribution in [2.45, 2.75) is 36.8 Å². The fourth-order valence-electron chi connectivity index (χ4n) is 3.57. The van der Waals surface area contributed by atoms with Gasteiger partial charge in [-0.1, -0.05) is 0 Å². The van der Waals surface area contributed by atoms with Gasteiger partial charge in [0, 0.05) is 12.2 Å². The molecule has 2 heterocycles. The second kappa shape index (κ2) is 8.25. The molecule has 0 saturated carbocycles. The van der Waals surface area contributed by atoms with Gasteiger partial charge >= 0.3 is 5.76 Å². The number of hydrogen-bond donors (Lipinski definition) is 7. The second-order valence-corrected chi connectivity index (χ2v) is 7.37. The maximum absolute atomic E-state index is 10.3. The average Bonchev–Trinajstić information content (AvgIpc) is 2.74.